The summed E-state index contributed by atoms with van der Waals surface area (Å²) in [5.41, 5.74) is 0.741. The second kappa shape index (κ2) is 5.17. The molecular weight excluding hydrogens is 240 g/mol. The lowest BCUT2D eigenvalue weighted by Gasteiger charge is -2.34. The van der Waals surface area contributed by atoms with Crippen molar-refractivity contribution in [3.05, 3.63) is 30.1 Å². The number of carbonyl (C=O) groups excluding carboxylic acids is 1. The van der Waals surface area contributed by atoms with Gasteiger partial charge >= 0.3 is 6.03 Å². The molecule has 0 aliphatic carbocycles. The number of aromatic nitrogens is 1. The number of rotatable bonds is 4. The molecule has 1 aromatic rings. The second-order valence-electron chi connectivity index (χ2n) is 5.62. The molecular formula is C14H22N4O. The first-order chi connectivity index (χ1) is 8.97. The van der Waals surface area contributed by atoms with Crippen LogP contribution in [-0.4, -0.2) is 53.5 Å². The summed E-state index contributed by atoms with van der Waals surface area (Å²) in [5, 5.41) is 3.15. The fourth-order valence-corrected chi connectivity index (χ4v) is 2.60. The predicted octanol–water partition coefficient (Wildman–Crippen LogP) is 1.49. The van der Waals surface area contributed by atoms with Crippen LogP contribution in [0.15, 0.2) is 24.4 Å². The highest BCUT2D eigenvalue weighted by Gasteiger charge is 2.42. The minimum Gasteiger partial charge on any atom is -0.317 e. The Hall–Kier alpha value is -1.62. The summed E-state index contributed by atoms with van der Waals surface area (Å²) in [5.74, 6) is 0. The SMILES string of the molecule is CNCC(C)(C)N1CC(c2ccccn2)N(C)C1=O. The number of pyridine rings is 1. The highest BCUT2D eigenvalue weighted by atomic mass is 16.2. The lowest BCUT2D eigenvalue weighted by atomic mass is 10.0. The van der Waals surface area contributed by atoms with E-state index in [9.17, 15) is 4.79 Å². The third kappa shape index (κ3) is 2.56. The van der Waals surface area contributed by atoms with Gasteiger partial charge in [-0.2, -0.15) is 0 Å². The average Bonchev–Trinajstić information content (AvgIpc) is 2.68. The Balaban J connectivity index is 2.22. The van der Waals surface area contributed by atoms with Crippen LogP contribution in [0.2, 0.25) is 0 Å². The fourth-order valence-electron chi connectivity index (χ4n) is 2.60. The van der Waals surface area contributed by atoms with Gasteiger partial charge in [0.2, 0.25) is 0 Å². The van der Waals surface area contributed by atoms with Gasteiger partial charge in [-0.05, 0) is 33.0 Å². The number of hydrogen-bond donors (Lipinski definition) is 1. The van der Waals surface area contributed by atoms with E-state index in [1.165, 1.54) is 0 Å². The van der Waals surface area contributed by atoms with E-state index in [-0.39, 0.29) is 17.6 Å². The van der Waals surface area contributed by atoms with Crippen molar-refractivity contribution in [3.8, 4) is 0 Å². The van der Waals surface area contributed by atoms with Crippen molar-refractivity contribution in [2.24, 2.45) is 0 Å². The lowest BCUT2D eigenvalue weighted by Crippen LogP contribution is -2.51. The number of nitrogens with one attached hydrogen (secondary N) is 1. The molecule has 1 atom stereocenters. The van der Waals surface area contributed by atoms with Gasteiger partial charge < -0.3 is 15.1 Å². The molecule has 1 unspecified atom stereocenters. The van der Waals surface area contributed by atoms with Crippen LogP contribution in [0.25, 0.3) is 0 Å². The minimum atomic E-state index is -0.205. The zero-order valence-corrected chi connectivity index (χ0v) is 12.1. The van der Waals surface area contributed by atoms with E-state index in [2.05, 4.69) is 24.1 Å². The Bertz CT molecular complexity index is 446. The molecule has 2 heterocycles. The molecule has 1 saturated heterocycles. The summed E-state index contributed by atoms with van der Waals surface area (Å²) < 4.78 is 0. The second-order valence-corrected chi connectivity index (χ2v) is 5.62. The number of hydrogen-bond acceptors (Lipinski definition) is 3. The van der Waals surface area contributed by atoms with Crippen molar-refractivity contribution >= 4 is 6.03 Å². The van der Waals surface area contributed by atoms with Gasteiger partial charge in [-0.1, -0.05) is 6.07 Å². The van der Waals surface area contributed by atoms with Crippen LogP contribution in [-0.2, 0) is 0 Å². The summed E-state index contributed by atoms with van der Waals surface area (Å²) in [6.07, 6.45) is 1.77. The zero-order chi connectivity index (χ0) is 14.0. The van der Waals surface area contributed by atoms with E-state index in [4.69, 9.17) is 0 Å². The van der Waals surface area contributed by atoms with Crippen molar-refractivity contribution < 1.29 is 4.79 Å². The molecule has 5 heteroatoms. The van der Waals surface area contributed by atoms with Crippen molar-refractivity contribution in [3.63, 3.8) is 0 Å². The maximum atomic E-state index is 12.4. The number of carbonyl (C=O) groups is 1. The summed E-state index contributed by atoms with van der Waals surface area (Å²) in [6, 6.07) is 5.93. The monoisotopic (exact) mass is 262 g/mol. The molecule has 2 amide bonds. The summed E-state index contributed by atoms with van der Waals surface area (Å²) in [7, 11) is 3.75. The molecule has 1 aliphatic rings. The van der Waals surface area contributed by atoms with Crippen LogP contribution in [0.1, 0.15) is 25.6 Å². The molecule has 0 bridgehead atoms. The van der Waals surface area contributed by atoms with Crippen LogP contribution in [0.5, 0.6) is 0 Å². The molecule has 1 fully saturated rings. The normalized spacial score (nSPS) is 20.2. The average molecular weight is 262 g/mol. The van der Waals surface area contributed by atoms with Gasteiger partial charge in [0.1, 0.15) is 0 Å². The third-order valence-corrected chi connectivity index (χ3v) is 3.72. The molecule has 1 aromatic heterocycles. The Morgan fingerprint density at radius 2 is 2.21 bits per heavy atom. The molecule has 19 heavy (non-hydrogen) atoms. The van der Waals surface area contributed by atoms with E-state index in [0.717, 1.165) is 12.2 Å². The van der Waals surface area contributed by atoms with Crippen molar-refractivity contribution in [2.75, 3.05) is 27.2 Å². The quantitative estimate of drug-likeness (QED) is 0.894. The highest BCUT2D eigenvalue weighted by molar-refractivity contribution is 5.78. The fraction of sp³-hybridized carbons (Fsp3) is 0.571. The van der Waals surface area contributed by atoms with Gasteiger partial charge in [-0.3, -0.25) is 4.98 Å². The van der Waals surface area contributed by atoms with Gasteiger partial charge in [0.15, 0.2) is 0 Å². The van der Waals surface area contributed by atoms with Gasteiger partial charge in [0.25, 0.3) is 0 Å². The highest BCUT2D eigenvalue weighted by Crippen LogP contribution is 2.31. The first kappa shape index (κ1) is 13.8. The Morgan fingerprint density at radius 3 is 2.79 bits per heavy atom. The Labute approximate surface area is 114 Å². The van der Waals surface area contributed by atoms with Crippen LogP contribution in [0, 0.1) is 0 Å². The standard InChI is InChI=1S/C14H22N4O/c1-14(2,10-15-3)18-9-12(17(4)13(18)19)11-7-5-6-8-16-11/h5-8,12,15H,9-10H2,1-4H3. The molecule has 0 spiro atoms. The van der Waals surface area contributed by atoms with Crippen LogP contribution >= 0.6 is 0 Å². The molecule has 104 valence electrons. The number of nitrogens with zero attached hydrogens (tertiary/aromatic N) is 3. The maximum absolute atomic E-state index is 12.4. The van der Waals surface area contributed by atoms with Gasteiger partial charge in [0, 0.05) is 26.3 Å². The van der Waals surface area contributed by atoms with Gasteiger partial charge in [-0.25, -0.2) is 4.79 Å². The molecule has 0 aromatic carbocycles. The topological polar surface area (TPSA) is 48.5 Å². The third-order valence-electron chi connectivity index (χ3n) is 3.72. The largest absolute Gasteiger partial charge is 0.320 e. The van der Waals surface area contributed by atoms with E-state index < -0.39 is 0 Å². The number of amides is 2. The van der Waals surface area contributed by atoms with Gasteiger partial charge in [0.05, 0.1) is 17.3 Å². The van der Waals surface area contributed by atoms with Crippen LogP contribution < -0.4 is 5.32 Å². The van der Waals surface area contributed by atoms with Crippen molar-refractivity contribution in [1.29, 1.82) is 0 Å². The van der Waals surface area contributed by atoms with Crippen LogP contribution in [0.4, 0.5) is 4.79 Å². The number of likely N-dealkylation sites (N-methyl/N-ethyl adjacent to an activating group) is 2. The molecule has 0 radical (unpaired) electrons. The minimum absolute atomic E-state index is 0.0323. The maximum Gasteiger partial charge on any atom is 0.320 e. The zero-order valence-electron chi connectivity index (χ0n) is 12.1. The smallest absolute Gasteiger partial charge is 0.317 e. The Kier molecular flexibility index (Phi) is 3.75. The first-order valence-electron chi connectivity index (χ1n) is 6.57. The summed E-state index contributed by atoms with van der Waals surface area (Å²) >= 11 is 0. The predicted molar refractivity (Wildman–Crippen MR) is 74.8 cm³/mol. The lowest BCUT2D eigenvalue weighted by molar-refractivity contribution is 0.149. The number of urea groups is 1. The van der Waals surface area contributed by atoms with Crippen molar-refractivity contribution in [2.45, 2.75) is 25.4 Å². The van der Waals surface area contributed by atoms with Crippen LogP contribution in [0.3, 0.4) is 0 Å². The Morgan fingerprint density at radius 1 is 1.47 bits per heavy atom. The molecule has 1 aliphatic heterocycles. The molecule has 2 rings (SSSR count). The van der Waals surface area contributed by atoms with Gasteiger partial charge in [-0.15, -0.1) is 0 Å². The summed E-state index contributed by atoms with van der Waals surface area (Å²) in [4.78, 5) is 20.5. The van der Waals surface area contributed by atoms with E-state index in [1.807, 2.05) is 37.2 Å². The van der Waals surface area contributed by atoms with E-state index in [0.29, 0.717) is 6.54 Å². The molecule has 0 saturated carbocycles. The summed E-state index contributed by atoms with van der Waals surface area (Å²) in [6.45, 7) is 5.61. The van der Waals surface area contributed by atoms with Crippen molar-refractivity contribution in [1.82, 2.24) is 20.1 Å². The molecule has 1 N–H and O–H groups in total. The molecule has 5 nitrogen and oxygen atoms in total. The van der Waals surface area contributed by atoms with E-state index in [1.54, 1.807) is 11.1 Å². The van der Waals surface area contributed by atoms with E-state index >= 15 is 0 Å². The first-order valence-corrected chi connectivity index (χ1v) is 6.57.